The van der Waals surface area contributed by atoms with E-state index in [1.54, 1.807) is 47.1 Å². The molecule has 9 heteroatoms. The number of benzene rings is 3. The number of amides is 3. The molecule has 3 amide bonds. The molecule has 0 aliphatic carbocycles. The lowest BCUT2D eigenvalue weighted by Crippen LogP contribution is -2.46. The first-order valence-electron chi connectivity index (χ1n) is 16.0. The molecule has 3 atom stereocenters. The summed E-state index contributed by atoms with van der Waals surface area (Å²) in [5.74, 6) is -0.594. The van der Waals surface area contributed by atoms with Gasteiger partial charge in [-0.25, -0.2) is 0 Å². The van der Waals surface area contributed by atoms with Crippen LogP contribution in [0.25, 0.3) is 0 Å². The standard InChI is InChI=1S/C37H41N3O6/c1-25(8-7-12-35(43)39-23-28-10-4-3-9-27(28)20-30(39)24-41)37(45)32-21-31(46-2)17-18-33(32)40(36(37)44)22-26-13-15-29(16-14-26)38-19-6-5-11-34(38)42/h3-4,7-10,13-18,21,25,30,41,45H,5-6,11-12,19-20,22-24H2,1-2H3/b8-7+/t25-,30-,37+/m0/s1. The van der Waals surface area contributed by atoms with Crippen molar-refractivity contribution in [1.82, 2.24) is 4.90 Å². The molecular weight excluding hydrogens is 582 g/mol. The third-order valence-corrected chi connectivity index (χ3v) is 9.65. The number of hydrogen-bond acceptors (Lipinski definition) is 6. The zero-order valence-electron chi connectivity index (χ0n) is 26.4. The summed E-state index contributed by atoms with van der Waals surface area (Å²) in [6, 6.07) is 20.6. The Morgan fingerprint density at radius 2 is 1.83 bits per heavy atom. The molecule has 3 aliphatic rings. The highest BCUT2D eigenvalue weighted by Crippen LogP contribution is 2.47. The van der Waals surface area contributed by atoms with E-state index in [9.17, 15) is 24.6 Å². The minimum atomic E-state index is -1.87. The van der Waals surface area contributed by atoms with Crippen molar-refractivity contribution in [3.8, 4) is 5.75 Å². The van der Waals surface area contributed by atoms with Gasteiger partial charge in [0.1, 0.15) is 5.75 Å². The van der Waals surface area contributed by atoms with E-state index in [1.807, 2.05) is 53.4 Å². The number of methoxy groups -OCH3 is 1. The Balaban J connectivity index is 1.19. The lowest BCUT2D eigenvalue weighted by molar-refractivity contribution is -0.139. The highest BCUT2D eigenvalue weighted by Gasteiger charge is 2.52. The van der Waals surface area contributed by atoms with Crippen molar-refractivity contribution in [2.24, 2.45) is 5.92 Å². The van der Waals surface area contributed by atoms with Gasteiger partial charge in [-0.15, -0.1) is 0 Å². The molecule has 3 aliphatic heterocycles. The van der Waals surface area contributed by atoms with Gasteiger partial charge >= 0.3 is 0 Å². The molecular formula is C37H41N3O6. The first-order chi connectivity index (χ1) is 22.2. The second-order valence-corrected chi connectivity index (χ2v) is 12.5. The highest BCUT2D eigenvalue weighted by molar-refractivity contribution is 6.07. The summed E-state index contributed by atoms with van der Waals surface area (Å²) in [5, 5.41) is 22.1. The predicted octanol–water partition coefficient (Wildman–Crippen LogP) is 4.47. The number of aliphatic hydroxyl groups excluding tert-OH is 1. The third-order valence-electron chi connectivity index (χ3n) is 9.65. The number of fused-ring (bicyclic) bond motifs is 2. The van der Waals surface area contributed by atoms with Gasteiger partial charge in [-0.3, -0.25) is 14.4 Å². The normalized spacial score (nSPS) is 21.8. The van der Waals surface area contributed by atoms with Crippen molar-refractivity contribution in [1.29, 1.82) is 0 Å². The van der Waals surface area contributed by atoms with Crippen molar-refractivity contribution in [2.75, 3.05) is 30.1 Å². The van der Waals surface area contributed by atoms with Gasteiger partial charge < -0.3 is 29.6 Å². The number of carbonyl (C=O) groups is 3. The molecule has 46 heavy (non-hydrogen) atoms. The van der Waals surface area contributed by atoms with Crippen molar-refractivity contribution < 1.29 is 29.3 Å². The number of anilines is 2. The van der Waals surface area contributed by atoms with Crippen LogP contribution in [-0.4, -0.2) is 59.1 Å². The summed E-state index contributed by atoms with van der Waals surface area (Å²) < 4.78 is 5.44. The van der Waals surface area contributed by atoms with Gasteiger partial charge in [0.05, 0.1) is 32.0 Å². The van der Waals surface area contributed by atoms with E-state index >= 15 is 0 Å². The topological polar surface area (TPSA) is 111 Å². The average molecular weight is 624 g/mol. The van der Waals surface area contributed by atoms with Crippen molar-refractivity contribution >= 4 is 29.1 Å². The van der Waals surface area contributed by atoms with E-state index in [0.29, 0.717) is 42.9 Å². The Bertz CT molecular complexity index is 1650. The van der Waals surface area contributed by atoms with Crippen LogP contribution in [0.5, 0.6) is 5.75 Å². The maximum Gasteiger partial charge on any atom is 0.264 e. The van der Waals surface area contributed by atoms with Crippen molar-refractivity contribution in [2.45, 2.75) is 63.8 Å². The monoisotopic (exact) mass is 623 g/mol. The number of carbonyl (C=O) groups excluding carboxylic acids is 3. The van der Waals surface area contributed by atoms with Crippen LogP contribution in [0.3, 0.4) is 0 Å². The first-order valence-corrected chi connectivity index (χ1v) is 16.0. The van der Waals surface area contributed by atoms with E-state index in [0.717, 1.165) is 35.2 Å². The fraction of sp³-hybridized carbons (Fsp3) is 0.378. The maximum atomic E-state index is 14.1. The number of piperidine rings is 1. The SMILES string of the molecule is COc1ccc2c(c1)[C@](O)([C@@H](C)/C=C/CC(=O)N1Cc3ccccc3C[C@H]1CO)C(=O)N2Cc1ccc(N2CCCCC2=O)cc1. The molecule has 0 spiro atoms. The molecule has 3 heterocycles. The molecule has 0 aromatic heterocycles. The molecule has 1 saturated heterocycles. The van der Waals surface area contributed by atoms with Crippen LogP contribution in [0.15, 0.2) is 78.9 Å². The van der Waals surface area contributed by atoms with E-state index < -0.39 is 17.4 Å². The van der Waals surface area contributed by atoms with Gasteiger partial charge in [-0.1, -0.05) is 55.5 Å². The predicted molar refractivity (Wildman–Crippen MR) is 175 cm³/mol. The van der Waals surface area contributed by atoms with Gasteiger partial charge in [0.25, 0.3) is 5.91 Å². The van der Waals surface area contributed by atoms with Crippen LogP contribution < -0.4 is 14.5 Å². The van der Waals surface area contributed by atoms with Gasteiger partial charge in [0, 0.05) is 43.1 Å². The lowest BCUT2D eigenvalue weighted by atomic mass is 9.82. The summed E-state index contributed by atoms with van der Waals surface area (Å²) in [6.07, 6.45) is 6.55. The van der Waals surface area contributed by atoms with Crippen LogP contribution in [0.4, 0.5) is 11.4 Å². The molecule has 9 nitrogen and oxygen atoms in total. The minimum absolute atomic E-state index is 0.0772. The number of aliphatic hydroxyl groups is 2. The lowest BCUT2D eigenvalue weighted by Gasteiger charge is -2.36. The van der Waals surface area contributed by atoms with E-state index in [4.69, 9.17) is 4.74 Å². The molecule has 6 rings (SSSR count). The Morgan fingerprint density at radius 1 is 1.07 bits per heavy atom. The summed E-state index contributed by atoms with van der Waals surface area (Å²) in [7, 11) is 1.54. The van der Waals surface area contributed by atoms with E-state index in [-0.39, 0.29) is 37.4 Å². The second-order valence-electron chi connectivity index (χ2n) is 12.5. The molecule has 3 aromatic carbocycles. The van der Waals surface area contributed by atoms with Gasteiger partial charge in [-0.2, -0.15) is 0 Å². The van der Waals surface area contributed by atoms with Gasteiger partial charge in [0.15, 0.2) is 5.60 Å². The zero-order valence-corrected chi connectivity index (χ0v) is 26.4. The van der Waals surface area contributed by atoms with Crippen LogP contribution >= 0.6 is 0 Å². The van der Waals surface area contributed by atoms with Crippen molar-refractivity contribution in [3.63, 3.8) is 0 Å². The number of hydrogen-bond donors (Lipinski definition) is 2. The molecule has 0 saturated carbocycles. The summed E-state index contributed by atoms with van der Waals surface area (Å²) in [4.78, 5) is 44.9. The Kier molecular flexibility index (Phi) is 8.97. The highest BCUT2D eigenvalue weighted by atomic mass is 16.5. The fourth-order valence-corrected chi connectivity index (χ4v) is 6.92. The Labute approximate surface area is 269 Å². The smallest absolute Gasteiger partial charge is 0.264 e. The second kappa shape index (κ2) is 13.1. The number of rotatable bonds is 9. The largest absolute Gasteiger partial charge is 0.497 e. The molecule has 2 N–H and O–H groups in total. The van der Waals surface area contributed by atoms with E-state index in [1.165, 1.54) is 7.11 Å². The first kappa shape index (κ1) is 31.5. The molecule has 3 aromatic rings. The quantitative estimate of drug-likeness (QED) is 0.341. The summed E-state index contributed by atoms with van der Waals surface area (Å²) in [6.45, 7) is 3.02. The number of nitrogens with zero attached hydrogens (tertiary/aromatic N) is 3. The van der Waals surface area contributed by atoms with Crippen LogP contribution in [0.1, 0.15) is 54.9 Å². The molecule has 0 bridgehead atoms. The van der Waals surface area contributed by atoms with Crippen LogP contribution in [0.2, 0.25) is 0 Å². The maximum absolute atomic E-state index is 14.1. The third kappa shape index (κ3) is 5.81. The Hall–Kier alpha value is -4.47. The summed E-state index contributed by atoms with van der Waals surface area (Å²) >= 11 is 0. The fourth-order valence-electron chi connectivity index (χ4n) is 6.92. The van der Waals surface area contributed by atoms with Gasteiger partial charge in [0.2, 0.25) is 11.8 Å². The van der Waals surface area contributed by atoms with Gasteiger partial charge in [-0.05, 0) is 66.3 Å². The van der Waals surface area contributed by atoms with Crippen LogP contribution in [0, 0.1) is 5.92 Å². The minimum Gasteiger partial charge on any atom is -0.497 e. The van der Waals surface area contributed by atoms with Crippen molar-refractivity contribution in [3.05, 3.63) is 101 Å². The molecule has 1 fully saturated rings. The molecule has 0 unspecified atom stereocenters. The molecule has 0 radical (unpaired) electrons. The average Bonchev–Trinajstić information content (AvgIpc) is 3.30. The zero-order chi connectivity index (χ0) is 32.4. The summed E-state index contributed by atoms with van der Waals surface area (Å²) in [5.41, 5.74) is 3.09. The van der Waals surface area contributed by atoms with E-state index in [2.05, 4.69) is 0 Å². The Morgan fingerprint density at radius 3 is 2.54 bits per heavy atom. The van der Waals surface area contributed by atoms with Crippen LogP contribution in [-0.2, 0) is 39.5 Å². The number of ether oxygens (including phenoxy) is 1. The molecule has 240 valence electrons.